The first-order chi connectivity index (χ1) is 38.0. The zero-order valence-electron chi connectivity index (χ0n) is 55.3. The number of benzene rings is 5. The summed E-state index contributed by atoms with van der Waals surface area (Å²) < 4.78 is 0. The van der Waals surface area contributed by atoms with E-state index in [-0.39, 0.29) is 97.0 Å². The maximum atomic E-state index is 15.4. The molecule has 0 bridgehead atoms. The van der Waals surface area contributed by atoms with Crippen LogP contribution in [0.25, 0.3) is 5.57 Å². The third kappa shape index (κ3) is 13.2. The van der Waals surface area contributed by atoms with Gasteiger partial charge in [0.05, 0.1) is 22.3 Å². The van der Waals surface area contributed by atoms with Crippen LogP contribution in [0.1, 0.15) is 250 Å². The number of aromatic hydroxyl groups is 3. The Balaban J connectivity index is 1.55. The molecule has 84 heavy (non-hydrogen) atoms. The Kier molecular flexibility index (Phi) is 16.7. The van der Waals surface area contributed by atoms with Crippen molar-refractivity contribution in [1.29, 1.82) is 0 Å². The maximum absolute atomic E-state index is 15.4. The fourth-order valence-corrected chi connectivity index (χ4v) is 11.1. The second-order valence-corrected chi connectivity index (χ2v) is 32.5. The van der Waals surface area contributed by atoms with E-state index >= 15 is 9.59 Å². The Morgan fingerprint density at radius 1 is 0.262 bits per heavy atom. The highest BCUT2D eigenvalue weighted by Gasteiger charge is 2.46. The second kappa shape index (κ2) is 21.6. The topological polar surface area (TPSA) is 156 Å². The van der Waals surface area contributed by atoms with Crippen molar-refractivity contribution in [3.8, 4) is 17.2 Å². The van der Waals surface area contributed by atoms with E-state index in [1.54, 1.807) is 0 Å². The number of ketones is 2. The van der Waals surface area contributed by atoms with Crippen LogP contribution in [0.2, 0.25) is 0 Å². The summed E-state index contributed by atoms with van der Waals surface area (Å²) in [5, 5.41) is 76.0. The van der Waals surface area contributed by atoms with Crippen LogP contribution < -0.4 is 0 Å². The molecular weight excluding hydrogens is 1040 g/mol. The van der Waals surface area contributed by atoms with Crippen LogP contribution in [0.3, 0.4) is 0 Å². The van der Waals surface area contributed by atoms with Crippen LogP contribution in [-0.2, 0) is 78.6 Å². The molecule has 0 saturated carbocycles. The quantitative estimate of drug-likeness (QED) is 0.0797. The number of allylic oxidation sites excluding steroid dienone is 4. The molecule has 6 N–H and O–H groups in total. The summed E-state index contributed by atoms with van der Waals surface area (Å²) in [6.07, 6.45) is -0.171. The molecule has 450 valence electrons. The fraction of sp³-hybridized carbons (Fsp3) is 0.474. The van der Waals surface area contributed by atoms with Gasteiger partial charge in [-0.05, 0) is 110 Å². The monoisotopic (exact) mass is 1140 g/mol. The van der Waals surface area contributed by atoms with Gasteiger partial charge in [0.2, 0.25) is 5.78 Å². The SMILES string of the molecule is CC(C)(C)c1cc(CC2=C(O)C(=C3C(=O)C(c4c(O)c(Cc5cc(C(C)(C)C)cc(C(C)(C)C)c5)c(O)c(Cc5cc(C(C)(C)C)cc(C(C)(C)C)c5)c4O)=C3O)C(O)=C(Cc3cc(C(C)(C)C)cc(C(C)(C)C)c3)C2=O)cc(C(C)(C)C)c1. The van der Waals surface area contributed by atoms with E-state index in [2.05, 4.69) is 190 Å². The third-order valence-electron chi connectivity index (χ3n) is 17.1. The molecule has 8 nitrogen and oxygen atoms in total. The Labute approximate surface area is 503 Å². The van der Waals surface area contributed by atoms with E-state index in [9.17, 15) is 30.6 Å². The lowest BCUT2D eigenvalue weighted by Crippen LogP contribution is -2.29. The smallest absolute Gasteiger partial charge is 0.202 e. The number of aliphatic hydroxyl groups excluding tert-OH is 3. The van der Waals surface area contributed by atoms with Crippen molar-refractivity contribution in [1.82, 2.24) is 0 Å². The first-order valence-electron chi connectivity index (χ1n) is 30.0. The van der Waals surface area contributed by atoms with Gasteiger partial charge in [-0.15, -0.1) is 0 Å². The first kappa shape index (κ1) is 64.8. The third-order valence-corrected chi connectivity index (χ3v) is 17.1. The van der Waals surface area contributed by atoms with Crippen molar-refractivity contribution in [2.24, 2.45) is 0 Å². The van der Waals surface area contributed by atoms with Gasteiger partial charge < -0.3 is 30.6 Å². The van der Waals surface area contributed by atoms with Gasteiger partial charge in [-0.25, -0.2) is 0 Å². The lowest BCUT2D eigenvalue weighted by atomic mass is 9.74. The summed E-state index contributed by atoms with van der Waals surface area (Å²) in [6.45, 7) is 50.9. The Morgan fingerprint density at radius 2 is 0.488 bits per heavy atom. The van der Waals surface area contributed by atoms with Crippen molar-refractivity contribution in [3.63, 3.8) is 0 Å². The first-order valence-corrected chi connectivity index (χ1v) is 30.0. The highest BCUT2D eigenvalue weighted by atomic mass is 16.3. The molecule has 0 radical (unpaired) electrons. The number of carbonyl (C=O) groups is 2. The number of rotatable bonds is 9. The molecule has 0 aliphatic heterocycles. The molecule has 0 spiro atoms. The molecule has 7 rings (SSSR count). The standard InChI is InChI=1S/C76H98O8/c1-69(2,3)45-25-41(26-46(37-45)70(4,5)6)33-53-61(77)54(34-42-27-47(71(7,8)9)38-48(28-42)72(10,11)12)64(80)57(63(53)79)59-67(83)60(68(59)84)58-65(81)55(35-43-29-49(73(13,14)15)39-50(30-43)74(16,17)18)62(78)56(66(58)82)36-44-31-51(75(19,20)21)40-52(32-44)76(22,23)24/h25-32,37-40,77,79-83H,33-36H2,1-24H3. The van der Waals surface area contributed by atoms with Crippen LogP contribution >= 0.6 is 0 Å². The minimum atomic E-state index is -0.897. The van der Waals surface area contributed by atoms with Crippen molar-refractivity contribution < 1.29 is 40.2 Å². The van der Waals surface area contributed by atoms with E-state index in [4.69, 9.17) is 0 Å². The molecule has 0 fully saturated rings. The molecule has 0 saturated heterocycles. The highest BCUT2D eigenvalue weighted by molar-refractivity contribution is 6.40. The number of hydrogen-bond acceptors (Lipinski definition) is 8. The van der Waals surface area contributed by atoms with Gasteiger partial charge in [-0.2, -0.15) is 0 Å². The van der Waals surface area contributed by atoms with Gasteiger partial charge >= 0.3 is 0 Å². The summed E-state index contributed by atoms with van der Waals surface area (Å²) in [5.41, 5.74) is 7.30. The van der Waals surface area contributed by atoms with Gasteiger partial charge in [0.1, 0.15) is 34.5 Å². The average molecular weight is 1140 g/mol. The van der Waals surface area contributed by atoms with Gasteiger partial charge in [0.25, 0.3) is 0 Å². The molecule has 0 unspecified atom stereocenters. The molecule has 0 amide bonds. The van der Waals surface area contributed by atoms with E-state index < -0.39 is 62.6 Å². The van der Waals surface area contributed by atoms with Gasteiger partial charge in [0.15, 0.2) is 5.78 Å². The van der Waals surface area contributed by atoms with Gasteiger partial charge in [-0.3, -0.25) is 9.59 Å². The van der Waals surface area contributed by atoms with Gasteiger partial charge in [0, 0.05) is 48.0 Å². The van der Waals surface area contributed by atoms with E-state index in [0.717, 1.165) is 66.8 Å². The summed E-state index contributed by atoms with van der Waals surface area (Å²) >= 11 is 0. The molecule has 0 atom stereocenters. The van der Waals surface area contributed by atoms with Crippen molar-refractivity contribution in [3.05, 3.63) is 196 Å². The van der Waals surface area contributed by atoms with E-state index in [1.165, 1.54) is 0 Å². The summed E-state index contributed by atoms with van der Waals surface area (Å²) in [4.78, 5) is 30.7. The minimum Gasteiger partial charge on any atom is -0.507 e. The summed E-state index contributed by atoms with van der Waals surface area (Å²) in [7, 11) is 0. The van der Waals surface area contributed by atoms with Gasteiger partial charge in [-0.1, -0.05) is 239 Å². The predicted molar refractivity (Wildman–Crippen MR) is 346 cm³/mol. The molecule has 0 aromatic heterocycles. The minimum absolute atomic E-state index is 0.0149. The van der Waals surface area contributed by atoms with Crippen molar-refractivity contribution in [2.75, 3.05) is 0 Å². The molecule has 0 heterocycles. The normalized spacial score (nSPS) is 15.5. The molecule has 2 aliphatic carbocycles. The van der Waals surface area contributed by atoms with Crippen LogP contribution in [0.15, 0.2) is 112 Å². The van der Waals surface area contributed by atoms with Crippen molar-refractivity contribution in [2.45, 2.75) is 235 Å². The molecule has 2 aliphatic rings. The average Bonchev–Trinajstić information content (AvgIpc) is 0.806. The second-order valence-electron chi connectivity index (χ2n) is 32.5. The molecule has 5 aromatic carbocycles. The lowest BCUT2D eigenvalue weighted by Gasteiger charge is -2.30. The summed E-state index contributed by atoms with van der Waals surface area (Å²) in [5.74, 6) is -5.08. The number of aliphatic hydroxyl groups is 3. The Bertz CT molecular complexity index is 3300. The van der Waals surface area contributed by atoms with Crippen LogP contribution in [0.5, 0.6) is 17.2 Å². The number of phenols is 3. The Morgan fingerprint density at radius 3 is 0.702 bits per heavy atom. The Hall–Kier alpha value is -6.80. The number of carbonyl (C=O) groups excluding carboxylic acids is 2. The largest absolute Gasteiger partial charge is 0.507 e. The molecule has 8 heteroatoms. The van der Waals surface area contributed by atoms with Crippen LogP contribution in [-0.4, -0.2) is 42.2 Å². The number of Topliss-reactive ketones (excluding diaryl/α,β-unsaturated/α-hetero) is 2. The highest BCUT2D eigenvalue weighted by Crippen LogP contribution is 2.53. The van der Waals surface area contributed by atoms with E-state index in [1.807, 2.05) is 48.5 Å². The van der Waals surface area contributed by atoms with Crippen LogP contribution in [0.4, 0.5) is 0 Å². The fourth-order valence-electron chi connectivity index (χ4n) is 11.1. The summed E-state index contributed by atoms with van der Waals surface area (Å²) in [6, 6.07) is 25.0. The number of hydrogen-bond donors (Lipinski definition) is 6. The lowest BCUT2D eigenvalue weighted by molar-refractivity contribution is -0.113. The van der Waals surface area contributed by atoms with Crippen molar-refractivity contribution >= 4 is 17.1 Å². The molecule has 5 aromatic rings. The van der Waals surface area contributed by atoms with Crippen LogP contribution in [0, 0.1) is 0 Å². The predicted octanol–water partition coefficient (Wildman–Crippen LogP) is 18.2. The zero-order chi connectivity index (χ0) is 63.5. The zero-order valence-corrected chi connectivity index (χ0v) is 55.3. The van der Waals surface area contributed by atoms with E-state index in [0.29, 0.717) is 0 Å². The maximum Gasteiger partial charge on any atom is 0.202 e. The molecular formula is C76H98O8. The number of phenolic OH excluding ortho intramolecular Hbond substituents is 3.